The van der Waals surface area contributed by atoms with Crippen LogP contribution in [0.1, 0.15) is 10.6 Å². The Labute approximate surface area is 159 Å². The number of carbonyl (C=O) groups excluding carboxylic acids is 1. The molecule has 27 heavy (non-hydrogen) atoms. The Balaban J connectivity index is 1.41. The van der Waals surface area contributed by atoms with Gasteiger partial charge < -0.3 is 19.5 Å². The largest absolute Gasteiger partial charge is 0.459 e. The minimum absolute atomic E-state index is 0.0809. The number of carbonyl (C=O) groups is 1. The van der Waals surface area contributed by atoms with Crippen LogP contribution in [-0.2, 0) is 9.84 Å². The average molecular weight is 398 g/mol. The second kappa shape index (κ2) is 8.75. The normalized spacial score (nSPS) is 21.3. The maximum atomic E-state index is 12.3. The van der Waals surface area contributed by atoms with Crippen molar-refractivity contribution >= 4 is 21.7 Å². The number of nitrogens with one attached hydrogen (secondary N) is 1. The van der Waals surface area contributed by atoms with Gasteiger partial charge in [0, 0.05) is 59.4 Å². The van der Waals surface area contributed by atoms with Crippen molar-refractivity contribution in [2.45, 2.75) is 0 Å². The quantitative estimate of drug-likeness (QED) is 0.532. The van der Waals surface area contributed by atoms with Crippen LogP contribution in [0.25, 0.3) is 0 Å². The molecule has 9 nitrogen and oxygen atoms in total. The molecule has 1 amide bonds. The molecule has 0 bridgehead atoms. The van der Waals surface area contributed by atoms with Gasteiger partial charge in [-0.1, -0.05) is 0 Å². The van der Waals surface area contributed by atoms with Gasteiger partial charge in [0.05, 0.1) is 17.8 Å². The van der Waals surface area contributed by atoms with Crippen molar-refractivity contribution in [3.8, 4) is 0 Å². The van der Waals surface area contributed by atoms with Crippen molar-refractivity contribution in [1.82, 2.24) is 20.0 Å². The van der Waals surface area contributed by atoms with Crippen LogP contribution in [0.2, 0.25) is 0 Å². The van der Waals surface area contributed by atoms with Gasteiger partial charge in [-0.2, -0.15) is 0 Å². The first-order chi connectivity index (χ1) is 13.0. The third-order valence-corrected chi connectivity index (χ3v) is 6.57. The fraction of sp³-hybridized carbons (Fsp3) is 0.647. The fourth-order valence-electron chi connectivity index (χ4n) is 3.31. The molecule has 0 aromatic carbocycles. The molecule has 0 unspecified atom stereocenters. The van der Waals surface area contributed by atoms with Crippen molar-refractivity contribution in [3.05, 3.63) is 24.2 Å². The molecule has 0 radical (unpaired) electrons. The third-order valence-electron chi connectivity index (χ3n) is 4.96. The number of piperazine rings is 1. The summed E-state index contributed by atoms with van der Waals surface area (Å²) in [5, 5.41) is 3.34. The van der Waals surface area contributed by atoms with E-state index in [9.17, 15) is 13.2 Å². The van der Waals surface area contributed by atoms with Gasteiger partial charge in [0.15, 0.2) is 21.6 Å². The van der Waals surface area contributed by atoms with Gasteiger partial charge in [-0.05, 0) is 12.1 Å². The lowest BCUT2D eigenvalue weighted by molar-refractivity contribution is 0.0657. The van der Waals surface area contributed by atoms with Crippen molar-refractivity contribution in [2.24, 2.45) is 4.99 Å². The molecule has 3 heterocycles. The molecule has 2 aliphatic heterocycles. The van der Waals surface area contributed by atoms with Gasteiger partial charge in [-0.25, -0.2) is 8.42 Å². The first-order valence-electron chi connectivity index (χ1n) is 9.20. The number of sulfone groups is 1. The van der Waals surface area contributed by atoms with Crippen LogP contribution in [-0.4, -0.2) is 106 Å². The Morgan fingerprint density at radius 2 is 1.81 bits per heavy atom. The Morgan fingerprint density at radius 1 is 1.15 bits per heavy atom. The minimum atomic E-state index is -2.84. The summed E-state index contributed by atoms with van der Waals surface area (Å²) in [6.07, 6.45) is 1.51. The number of amides is 1. The van der Waals surface area contributed by atoms with E-state index in [1.54, 1.807) is 24.1 Å². The van der Waals surface area contributed by atoms with E-state index < -0.39 is 9.84 Å². The fourth-order valence-corrected chi connectivity index (χ4v) is 4.59. The lowest BCUT2D eigenvalue weighted by atomic mass is 10.3. The summed E-state index contributed by atoms with van der Waals surface area (Å²) in [5.41, 5.74) is 0. The second-order valence-corrected chi connectivity index (χ2v) is 9.03. The number of guanidine groups is 1. The number of hydrogen-bond donors (Lipinski definition) is 1. The standard InChI is InChI=1S/C17H27N5O4S/c1-18-17(19-4-5-20-10-13-27(24,25)14-11-20)22-8-6-21(7-9-22)16(23)15-3-2-12-26-15/h2-3,12H,4-11,13-14H2,1H3,(H,18,19). The molecule has 10 heteroatoms. The van der Waals surface area contributed by atoms with Crippen molar-refractivity contribution in [2.75, 3.05) is 70.9 Å². The van der Waals surface area contributed by atoms with E-state index in [4.69, 9.17) is 4.42 Å². The summed E-state index contributed by atoms with van der Waals surface area (Å²) in [6, 6.07) is 3.40. The number of nitrogens with zero attached hydrogens (tertiary/aromatic N) is 4. The molecule has 1 N–H and O–H groups in total. The van der Waals surface area contributed by atoms with Crippen LogP contribution in [0, 0.1) is 0 Å². The van der Waals surface area contributed by atoms with E-state index in [-0.39, 0.29) is 17.4 Å². The van der Waals surface area contributed by atoms with Gasteiger partial charge in [0.25, 0.3) is 5.91 Å². The number of hydrogen-bond acceptors (Lipinski definition) is 6. The van der Waals surface area contributed by atoms with E-state index in [1.165, 1.54) is 6.26 Å². The van der Waals surface area contributed by atoms with Gasteiger partial charge in [-0.15, -0.1) is 0 Å². The number of furan rings is 1. The van der Waals surface area contributed by atoms with Gasteiger partial charge in [-0.3, -0.25) is 14.7 Å². The molecule has 0 aliphatic carbocycles. The molecular weight excluding hydrogens is 370 g/mol. The van der Waals surface area contributed by atoms with Crippen molar-refractivity contribution in [3.63, 3.8) is 0 Å². The van der Waals surface area contributed by atoms with Crippen molar-refractivity contribution in [1.29, 1.82) is 0 Å². The maximum Gasteiger partial charge on any atom is 0.289 e. The Bertz CT molecular complexity index is 740. The highest BCUT2D eigenvalue weighted by atomic mass is 32.2. The summed E-state index contributed by atoms with van der Waals surface area (Å²) >= 11 is 0. The van der Waals surface area contributed by atoms with Crippen LogP contribution < -0.4 is 5.32 Å². The molecule has 0 atom stereocenters. The molecule has 2 fully saturated rings. The minimum Gasteiger partial charge on any atom is -0.459 e. The zero-order valence-electron chi connectivity index (χ0n) is 15.6. The molecule has 1 aromatic rings. The lowest BCUT2D eigenvalue weighted by Crippen LogP contribution is -2.54. The molecule has 150 valence electrons. The first-order valence-corrected chi connectivity index (χ1v) is 11.0. The molecule has 2 aliphatic rings. The zero-order valence-corrected chi connectivity index (χ0v) is 16.4. The molecular formula is C17H27N5O4S. The van der Waals surface area contributed by atoms with Crippen LogP contribution in [0.15, 0.2) is 27.8 Å². The highest BCUT2D eigenvalue weighted by molar-refractivity contribution is 7.91. The van der Waals surface area contributed by atoms with Gasteiger partial charge in [0.1, 0.15) is 0 Å². The van der Waals surface area contributed by atoms with E-state index in [1.807, 2.05) is 0 Å². The van der Waals surface area contributed by atoms with E-state index in [0.717, 1.165) is 12.5 Å². The average Bonchev–Trinajstić information content (AvgIpc) is 3.21. The molecule has 0 spiro atoms. The van der Waals surface area contributed by atoms with Crippen LogP contribution in [0.5, 0.6) is 0 Å². The van der Waals surface area contributed by atoms with Gasteiger partial charge in [0.2, 0.25) is 0 Å². The predicted octanol–water partition coefficient (Wildman–Crippen LogP) is -0.657. The van der Waals surface area contributed by atoms with Crippen LogP contribution in [0.3, 0.4) is 0 Å². The predicted molar refractivity (Wildman–Crippen MR) is 103 cm³/mol. The monoisotopic (exact) mass is 397 g/mol. The summed E-state index contributed by atoms with van der Waals surface area (Å²) in [5.74, 6) is 1.59. The van der Waals surface area contributed by atoms with E-state index in [0.29, 0.717) is 51.6 Å². The van der Waals surface area contributed by atoms with Crippen LogP contribution >= 0.6 is 0 Å². The lowest BCUT2D eigenvalue weighted by Gasteiger charge is -2.36. The Kier molecular flexibility index (Phi) is 6.38. The second-order valence-electron chi connectivity index (χ2n) is 6.72. The van der Waals surface area contributed by atoms with Crippen LogP contribution in [0.4, 0.5) is 0 Å². The highest BCUT2D eigenvalue weighted by Crippen LogP contribution is 2.09. The smallest absolute Gasteiger partial charge is 0.289 e. The van der Waals surface area contributed by atoms with Gasteiger partial charge >= 0.3 is 0 Å². The molecule has 2 saturated heterocycles. The van der Waals surface area contributed by atoms with E-state index in [2.05, 4.69) is 20.1 Å². The molecule has 0 saturated carbocycles. The topological polar surface area (TPSA) is 98.5 Å². The maximum absolute atomic E-state index is 12.3. The SMILES string of the molecule is CN=C(NCCN1CCS(=O)(=O)CC1)N1CCN(C(=O)c2ccco2)CC1. The summed E-state index contributed by atoms with van der Waals surface area (Å²) in [7, 11) is -1.09. The highest BCUT2D eigenvalue weighted by Gasteiger charge is 2.25. The van der Waals surface area contributed by atoms with Crippen molar-refractivity contribution < 1.29 is 17.6 Å². The number of aliphatic imine (C=N–C) groups is 1. The summed E-state index contributed by atoms with van der Waals surface area (Å²) < 4.78 is 28.1. The van der Waals surface area contributed by atoms with E-state index >= 15 is 0 Å². The zero-order chi connectivity index (χ0) is 19.3. The Hall–Kier alpha value is -2.07. The first kappa shape index (κ1) is 19.7. The molecule has 3 rings (SSSR count). The number of rotatable bonds is 4. The molecule has 1 aromatic heterocycles. The summed E-state index contributed by atoms with van der Waals surface area (Å²) in [4.78, 5) is 22.7. The summed E-state index contributed by atoms with van der Waals surface area (Å²) in [6.45, 7) is 5.31. The third kappa shape index (κ3) is 5.23. The Morgan fingerprint density at radius 3 is 2.41 bits per heavy atom.